The number of Topliss-reactive ketones (excluding diaryl/α,β-unsaturated/α-hetero) is 1. The van der Waals surface area contributed by atoms with E-state index in [2.05, 4.69) is 11.8 Å². The van der Waals surface area contributed by atoms with Crippen LogP contribution in [0.3, 0.4) is 0 Å². The van der Waals surface area contributed by atoms with E-state index in [1.54, 1.807) is 0 Å². The molecule has 0 saturated heterocycles. The summed E-state index contributed by atoms with van der Waals surface area (Å²) in [4.78, 5) is 11.7. The summed E-state index contributed by atoms with van der Waals surface area (Å²) in [5.41, 5.74) is 0.197. The summed E-state index contributed by atoms with van der Waals surface area (Å²) in [5, 5.41) is 10.0. The van der Waals surface area contributed by atoms with Crippen LogP contribution in [0.5, 0.6) is 0 Å². The smallest absolute Gasteiger partial charge is 0.142 e. The van der Waals surface area contributed by atoms with Gasteiger partial charge in [-0.3, -0.25) is 4.79 Å². The Morgan fingerprint density at radius 3 is 2.65 bits per heavy atom. The summed E-state index contributed by atoms with van der Waals surface area (Å²) in [7, 11) is 0. The number of carbonyl (C=O) groups excluding carboxylic acids is 1. The summed E-state index contributed by atoms with van der Waals surface area (Å²) < 4.78 is 0. The van der Waals surface area contributed by atoms with Crippen LogP contribution >= 0.6 is 0 Å². The van der Waals surface area contributed by atoms with Crippen LogP contribution in [-0.4, -0.2) is 17.0 Å². The van der Waals surface area contributed by atoms with Crippen LogP contribution in [0.15, 0.2) is 30.3 Å². The Morgan fingerprint density at radius 1 is 1.35 bits per heavy atom. The monoisotopic (exact) mass is 228 g/mol. The minimum Gasteiger partial charge on any atom is -0.379 e. The van der Waals surface area contributed by atoms with Crippen molar-refractivity contribution in [2.75, 3.05) is 0 Å². The summed E-state index contributed by atoms with van der Waals surface area (Å²) in [5.74, 6) is 5.84. The number of hydrogen-bond donors (Lipinski definition) is 1. The lowest BCUT2D eigenvalue weighted by Crippen LogP contribution is -2.34. The maximum absolute atomic E-state index is 11.7. The molecular weight excluding hydrogens is 212 g/mol. The lowest BCUT2D eigenvalue weighted by atomic mass is 9.82. The number of rotatable bonds is 1. The van der Waals surface area contributed by atoms with E-state index in [1.165, 1.54) is 0 Å². The summed E-state index contributed by atoms with van der Waals surface area (Å²) >= 11 is 0. The normalized spacial score (nSPS) is 25.2. The molecule has 0 aromatic heterocycles. The number of hydrogen-bond acceptors (Lipinski definition) is 2. The Balaban J connectivity index is 2.15. The van der Waals surface area contributed by atoms with Gasteiger partial charge in [-0.25, -0.2) is 0 Å². The molecule has 1 aromatic carbocycles. The molecule has 2 heteroatoms. The average molecular weight is 228 g/mol. The highest BCUT2D eigenvalue weighted by Gasteiger charge is 2.42. The van der Waals surface area contributed by atoms with Crippen molar-refractivity contribution in [3.8, 4) is 11.8 Å². The van der Waals surface area contributed by atoms with Crippen molar-refractivity contribution in [2.24, 2.45) is 5.41 Å². The van der Waals surface area contributed by atoms with Gasteiger partial charge in [-0.05, 0) is 31.9 Å². The molecule has 0 radical (unpaired) electrons. The molecule has 88 valence electrons. The van der Waals surface area contributed by atoms with Gasteiger partial charge >= 0.3 is 0 Å². The van der Waals surface area contributed by atoms with Crippen LogP contribution in [0, 0.1) is 17.3 Å². The SMILES string of the molecule is C[C@@]1(C(O)C#Cc2ccccc2)CCCC1=O. The van der Waals surface area contributed by atoms with Gasteiger partial charge in [-0.2, -0.15) is 0 Å². The number of benzene rings is 1. The van der Waals surface area contributed by atoms with Crippen molar-refractivity contribution in [1.29, 1.82) is 0 Å². The molecule has 0 heterocycles. The van der Waals surface area contributed by atoms with Gasteiger partial charge in [-0.1, -0.05) is 30.0 Å². The zero-order valence-electron chi connectivity index (χ0n) is 9.94. The van der Waals surface area contributed by atoms with Crippen LogP contribution in [0.2, 0.25) is 0 Å². The highest BCUT2D eigenvalue weighted by molar-refractivity contribution is 5.87. The third kappa shape index (κ3) is 2.40. The Morgan fingerprint density at radius 2 is 2.06 bits per heavy atom. The zero-order valence-corrected chi connectivity index (χ0v) is 9.94. The Bertz CT molecular complexity index is 467. The molecule has 2 atom stereocenters. The molecule has 17 heavy (non-hydrogen) atoms. The topological polar surface area (TPSA) is 37.3 Å². The highest BCUT2D eigenvalue weighted by Crippen LogP contribution is 2.37. The zero-order chi connectivity index (χ0) is 12.3. The van der Waals surface area contributed by atoms with Crippen LogP contribution in [0.1, 0.15) is 31.7 Å². The molecule has 1 saturated carbocycles. The third-order valence-corrected chi connectivity index (χ3v) is 3.47. The molecule has 2 nitrogen and oxygen atoms in total. The second-order valence-corrected chi connectivity index (χ2v) is 4.73. The molecule has 1 aromatic rings. The first-order valence-electron chi connectivity index (χ1n) is 5.91. The van der Waals surface area contributed by atoms with Gasteiger partial charge in [0.25, 0.3) is 0 Å². The van der Waals surface area contributed by atoms with Gasteiger partial charge in [0.05, 0.1) is 5.41 Å². The van der Waals surface area contributed by atoms with Crippen molar-refractivity contribution in [2.45, 2.75) is 32.3 Å². The largest absolute Gasteiger partial charge is 0.379 e. The van der Waals surface area contributed by atoms with E-state index in [-0.39, 0.29) is 5.78 Å². The molecule has 1 fully saturated rings. The molecule has 0 spiro atoms. The van der Waals surface area contributed by atoms with Crippen molar-refractivity contribution < 1.29 is 9.90 Å². The highest BCUT2D eigenvalue weighted by atomic mass is 16.3. The number of ketones is 1. The van der Waals surface area contributed by atoms with E-state index in [4.69, 9.17) is 0 Å². The van der Waals surface area contributed by atoms with Crippen LogP contribution in [0.4, 0.5) is 0 Å². The van der Waals surface area contributed by atoms with E-state index in [0.717, 1.165) is 18.4 Å². The summed E-state index contributed by atoms with van der Waals surface area (Å²) in [6.45, 7) is 1.81. The molecule has 1 N–H and O–H groups in total. The first-order chi connectivity index (χ1) is 8.13. The predicted octanol–water partition coefficient (Wildman–Crippen LogP) is 2.16. The fraction of sp³-hybridized carbons (Fsp3) is 0.400. The van der Waals surface area contributed by atoms with Crippen molar-refractivity contribution in [3.63, 3.8) is 0 Å². The first kappa shape index (κ1) is 11.9. The van der Waals surface area contributed by atoms with Crippen molar-refractivity contribution in [3.05, 3.63) is 35.9 Å². The van der Waals surface area contributed by atoms with E-state index in [1.807, 2.05) is 37.3 Å². The van der Waals surface area contributed by atoms with Gasteiger partial charge in [0, 0.05) is 12.0 Å². The maximum Gasteiger partial charge on any atom is 0.142 e. The molecule has 1 aliphatic rings. The second-order valence-electron chi connectivity index (χ2n) is 4.73. The molecule has 0 bridgehead atoms. The summed E-state index contributed by atoms with van der Waals surface area (Å²) in [6.07, 6.45) is 1.30. The summed E-state index contributed by atoms with van der Waals surface area (Å²) in [6, 6.07) is 9.50. The van der Waals surface area contributed by atoms with Crippen LogP contribution < -0.4 is 0 Å². The molecule has 2 rings (SSSR count). The van der Waals surface area contributed by atoms with Crippen molar-refractivity contribution >= 4 is 5.78 Å². The molecular formula is C15H16O2. The Labute approximate surface area is 102 Å². The van der Waals surface area contributed by atoms with E-state index >= 15 is 0 Å². The first-order valence-corrected chi connectivity index (χ1v) is 5.91. The van der Waals surface area contributed by atoms with Gasteiger partial charge in [0.1, 0.15) is 11.9 Å². The van der Waals surface area contributed by atoms with E-state index < -0.39 is 11.5 Å². The Hall–Kier alpha value is -1.59. The van der Waals surface area contributed by atoms with Crippen LogP contribution in [-0.2, 0) is 4.79 Å². The lowest BCUT2D eigenvalue weighted by molar-refractivity contribution is -0.128. The average Bonchev–Trinajstić information content (AvgIpc) is 2.69. The van der Waals surface area contributed by atoms with E-state index in [9.17, 15) is 9.90 Å². The quantitative estimate of drug-likeness (QED) is 0.748. The molecule has 0 aliphatic heterocycles. The third-order valence-electron chi connectivity index (χ3n) is 3.47. The number of carbonyl (C=O) groups is 1. The fourth-order valence-electron chi connectivity index (χ4n) is 2.16. The standard InChI is InChI=1S/C15H16O2/c1-15(11-5-8-13(15)16)14(17)10-9-12-6-3-2-4-7-12/h2-4,6-7,14,17H,5,8,11H2,1H3/t14?,15-/m1/s1. The second kappa shape index (κ2) is 4.73. The maximum atomic E-state index is 11.7. The van der Waals surface area contributed by atoms with Crippen LogP contribution in [0.25, 0.3) is 0 Å². The predicted molar refractivity (Wildman–Crippen MR) is 66.3 cm³/mol. The molecule has 1 aliphatic carbocycles. The van der Waals surface area contributed by atoms with Gasteiger partial charge in [0.15, 0.2) is 0 Å². The molecule has 0 amide bonds. The number of aliphatic hydroxyl groups excluding tert-OH is 1. The van der Waals surface area contributed by atoms with E-state index in [0.29, 0.717) is 6.42 Å². The number of aliphatic hydroxyl groups is 1. The minimum atomic E-state index is -0.863. The lowest BCUT2D eigenvalue weighted by Gasteiger charge is -2.24. The van der Waals surface area contributed by atoms with Crippen molar-refractivity contribution in [1.82, 2.24) is 0 Å². The van der Waals surface area contributed by atoms with Gasteiger partial charge < -0.3 is 5.11 Å². The minimum absolute atomic E-state index is 0.132. The van der Waals surface area contributed by atoms with Gasteiger partial charge in [0.2, 0.25) is 0 Å². The Kier molecular flexibility index (Phi) is 3.31. The fourth-order valence-corrected chi connectivity index (χ4v) is 2.16. The van der Waals surface area contributed by atoms with Gasteiger partial charge in [-0.15, -0.1) is 0 Å². The molecule has 1 unspecified atom stereocenters.